The molecule has 1 aliphatic carbocycles. The van der Waals surface area contributed by atoms with E-state index >= 15 is 0 Å². The maximum atomic E-state index is 5.23. The molecule has 1 aliphatic rings. The lowest BCUT2D eigenvalue weighted by Gasteiger charge is -2.07. The largest absolute Gasteiger partial charge is 0.479 e. The predicted molar refractivity (Wildman–Crippen MR) is 71.7 cm³/mol. The number of ether oxygens (including phenoxy) is 1. The summed E-state index contributed by atoms with van der Waals surface area (Å²) in [4.78, 5) is 12.8. The quantitative estimate of drug-likeness (QED) is 0.884. The number of rotatable bonds is 5. The first-order valence-corrected chi connectivity index (χ1v) is 6.39. The van der Waals surface area contributed by atoms with Crippen LogP contribution in [0.2, 0.25) is 0 Å². The van der Waals surface area contributed by atoms with Gasteiger partial charge in [-0.15, -0.1) is 0 Å². The Kier molecular flexibility index (Phi) is 3.37. The Morgan fingerprint density at radius 1 is 1.26 bits per heavy atom. The van der Waals surface area contributed by atoms with Gasteiger partial charge in [-0.1, -0.05) is 0 Å². The van der Waals surface area contributed by atoms with Crippen LogP contribution in [0.15, 0.2) is 30.9 Å². The van der Waals surface area contributed by atoms with Gasteiger partial charge in [0, 0.05) is 42.9 Å². The maximum absolute atomic E-state index is 5.23. The third kappa shape index (κ3) is 2.88. The van der Waals surface area contributed by atoms with Crippen molar-refractivity contribution in [1.82, 2.24) is 20.3 Å². The SMILES string of the molecule is COc1nccnc1-c1cncc(CNC2CC2)c1. The van der Waals surface area contributed by atoms with Gasteiger partial charge in [0.05, 0.1) is 7.11 Å². The van der Waals surface area contributed by atoms with Crippen LogP contribution in [-0.4, -0.2) is 28.1 Å². The summed E-state index contributed by atoms with van der Waals surface area (Å²) >= 11 is 0. The highest BCUT2D eigenvalue weighted by Crippen LogP contribution is 2.25. The molecule has 0 radical (unpaired) electrons. The third-order valence-electron chi connectivity index (χ3n) is 3.10. The molecule has 0 bridgehead atoms. The maximum Gasteiger partial charge on any atom is 0.240 e. The lowest BCUT2D eigenvalue weighted by Crippen LogP contribution is -2.15. The molecule has 5 nitrogen and oxygen atoms in total. The Hall–Kier alpha value is -2.01. The number of hydrogen-bond acceptors (Lipinski definition) is 5. The second kappa shape index (κ2) is 5.32. The summed E-state index contributed by atoms with van der Waals surface area (Å²) in [6.07, 6.45) is 9.51. The topological polar surface area (TPSA) is 59.9 Å². The van der Waals surface area contributed by atoms with E-state index in [-0.39, 0.29) is 0 Å². The standard InChI is InChI=1S/C14H16N4O/c1-19-14-13(16-4-5-17-14)11-6-10(7-15-9-11)8-18-12-2-3-12/h4-7,9,12,18H,2-3,8H2,1H3. The first-order valence-electron chi connectivity index (χ1n) is 6.39. The minimum Gasteiger partial charge on any atom is -0.479 e. The Labute approximate surface area is 112 Å². The van der Waals surface area contributed by atoms with E-state index in [0.717, 1.165) is 23.4 Å². The Morgan fingerprint density at radius 2 is 2.11 bits per heavy atom. The lowest BCUT2D eigenvalue weighted by molar-refractivity contribution is 0.397. The van der Waals surface area contributed by atoms with Gasteiger partial charge in [-0.3, -0.25) is 4.98 Å². The Bertz CT molecular complexity index is 569. The fourth-order valence-corrected chi connectivity index (χ4v) is 1.94. The molecule has 5 heteroatoms. The van der Waals surface area contributed by atoms with Crippen molar-refractivity contribution < 1.29 is 4.74 Å². The van der Waals surface area contributed by atoms with Crippen LogP contribution in [0.1, 0.15) is 18.4 Å². The number of hydrogen-bond donors (Lipinski definition) is 1. The van der Waals surface area contributed by atoms with E-state index in [1.165, 1.54) is 12.8 Å². The number of methoxy groups -OCH3 is 1. The average molecular weight is 256 g/mol. The molecular formula is C14H16N4O. The van der Waals surface area contributed by atoms with Gasteiger partial charge in [0.25, 0.3) is 0 Å². The van der Waals surface area contributed by atoms with Crippen LogP contribution >= 0.6 is 0 Å². The van der Waals surface area contributed by atoms with Gasteiger partial charge in [0.2, 0.25) is 5.88 Å². The van der Waals surface area contributed by atoms with Crippen LogP contribution in [0.5, 0.6) is 5.88 Å². The monoisotopic (exact) mass is 256 g/mol. The van der Waals surface area contributed by atoms with Gasteiger partial charge in [0.1, 0.15) is 5.69 Å². The van der Waals surface area contributed by atoms with Crippen LogP contribution < -0.4 is 10.1 Å². The molecule has 0 saturated heterocycles. The molecule has 0 amide bonds. The minimum absolute atomic E-state index is 0.525. The smallest absolute Gasteiger partial charge is 0.240 e. The summed E-state index contributed by atoms with van der Waals surface area (Å²) in [5, 5.41) is 3.47. The molecule has 0 unspecified atom stereocenters. The molecule has 2 heterocycles. The first-order chi connectivity index (χ1) is 9.36. The molecule has 0 aliphatic heterocycles. The zero-order valence-electron chi connectivity index (χ0n) is 10.8. The molecule has 19 heavy (non-hydrogen) atoms. The van der Waals surface area contributed by atoms with E-state index in [1.54, 1.807) is 25.7 Å². The number of nitrogens with zero attached hydrogens (tertiary/aromatic N) is 3. The number of nitrogens with one attached hydrogen (secondary N) is 1. The minimum atomic E-state index is 0.525. The first kappa shape index (κ1) is 12.0. The van der Waals surface area contributed by atoms with Crippen molar-refractivity contribution in [2.24, 2.45) is 0 Å². The molecule has 1 N–H and O–H groups in total. The Balaban J connectivity index is 1.84. The van der Waals surface area contributed by atoms with Gasteiger partial charge in [0.15, 0.2) is 0 Å². The molecule has 2 aromatic rings. The predicted octanol–water partition coefficient (Wildman–Crippen LogP) is 1.80. The van der Waals surface area contributed by atoms with E-state index in [4.69, 9.17) is 4.74 Å². The second-order valence-electron chi connectivity index (χ2n) is 4.65. The van der Waals surface area contributed by atoms with Gasteiger partial charge in [-0.25, -0.2) is 9.97 Å². The van der Waals surface area contributed by atoms with Gasteiger partial charge >= 0.3 is 0 Å². The van der Waals surface area contributed by atoms with Gasteiger partial charge < -0.3 is 10.1 Å². The number of pyridine rings is 1. The van der Waals surface area contributed by atoms with Crippen LogP contribution in [-0.2, 0) is 6.54 Å². The zero-order valence-corrected chi connectivity index (χ0v) is 10.8. The summed E-state index contributed by atoms with van der Waals surface area (Å²) in [7, 11) is 1.60. The molecule has 0 spiro atoms. The molecule has 0 atom stereocenters. The Morgan fingerprint density at radius 3 is 2.89 bits per heavy atom. The van der Waals surface area contributed by atoms with Crippen molar-refractivity contribution in [2.45, 2.75) is 25.4 Å². The van der Waals surface area contributed by atoms with Crippen molar-refractivity contribution >= 4 is 0 Å². The average Bonchev–Trinajstić information content (AvgIpc) is 3.29. The summed E-state index contributed by atoms with van der Waals surface area (Å²) in [6.45, 7) is 0.841. The van der Waals surface area contributed by atoms with Crippen LogP contribution in [0.4, 0.5) is 0 Å². The van der Waals surface area contributed by atoms with E-state index in [0.29, 0.717) is 11.9 Å². The second-order valence-corrected chi connectivity index (χ2v) is 4.65. The van der Waals surface area contributed by atoms with Crippen molar-refractivity contribution in [3.63, 3.8) is 0 Å². The summed E-state index contributed by atoms with van der Waals surface area (Å²) < 4.78 is 5.23. The molecule has 2 aromatic heterocycles. The summed E-state index contributed by atoms with van der Waals surface area (Å²) in [5.74, 6) is 0.525. The number of aromatic nitrogens is 3. The van der Waals surface area contributed by atoms with Crippen molar-refractivity contribution in [1.29, 1.82) is 0 Å². The normalized spacial score (nSPS) is 14.4. The van der Waals surface area contributed by atoms with Crippen LogP contribution in [0.25, 0.3) is 11.3 Å². The third-order valence-corrected chi connectivity index (χ3v) is 3.10. The van der Waals surface area contributed by atoms with Crippen LogP contribution in [0, 0.1) is 0 Å². The molecular weight excluding hydrogens is 240 g/mol. The highest BCUT2D eigenvalue weighted by molar-refractivity contribution is 5.63. The van der Waals surface area contributed by atoms with E-state index in [2.05, 4.69) is 26.3 Å². The van der Waals surface area contributed by atoms with Crippen molar-refractivity contribution in [3.8, 4) is 17.1 Å². The summed E-state index contributed by atoms with van der Waals surface area (Å²) in [6, 6.07) is 2.77. The highest BCUT2D eigenvalue weighted by Gasteiger charge is 2.20. The van der Waals surface area contributed by atoms with Crippen LogP contribution in [0.3, 0.4) is 0 Å². The van der Waals surface area contributed by atoms with Gasteiger partial charge in [-0.2, -0.15) is 0 Å². The van der Waals surface area contributed by atoms with Crippen molar-refractivity contribution in [2.75, 3.05) is 7.11 Å². The fourth-order valence-electron chi connectivity index (χ4n) is 1.94. The highest BCUT2D eigenvalue weighted by atomic mass is 16.5. The molecule has 3 rings (SSSR count). The van der Waals surface area contributed by atoms with E-state index in [1.807, 2.05) is 6.20 Å². The van der Waals surface area contributed by atoms with E-state index < -0.39 is 0 Å². The summed E-state index contributed by atoms with van der Waals surface area (Å²) in [5.41, 5.74) is 2.81. The van der Waals surface area contributed by atoms with Crippen molar-refractivity contribution in [3.05, 3.63) is 36.4 Å². The molecule has 98 valence electrons. The zero-order chi connectivity index (χ0) is 13.1. The van der Waals surface area contributed by atoms with E-state index in [9.17, 15) is 0 Å². The molecule has 1 fully saturated rings. The lowest BCUT2D eigenvalue weighted by atomic mass is 10.1. The molecule has 1 saturated carbocycles. The molecule has 0 aromatic carbocycles. The van der Waals surface area contributed by atoms with Gasteiger partial charge in [-0.05, 0) is 24.5 Å². The fraction of sp³-hybridized carbons (Fsp3) is 0.357.